The average Bonchev–Trinajstić information content (AvgIpc) is 3.40. The van der Waals surface area contributed by atoms with Crippen molar-refractivity contribution in [3.8, 4) is 5.75 Å². The van der Waals surface area contributed by atoms with Gasteiger partial charge in [-0.15, -0.1) is 0 Å². The predicted molar refractivity (Wildman–Crippen MR) is 148 cm³/mol. The van der Waals surface area contributed by atoms with Crippen molar-refractivity contribution in [1.29, 1.82) is 0 Å². The molecule has 0 unspecified atom stereocenters. The topological polar surface area (TPSA) is 83.0 Å². The van der Waals surface area contributed by atoms with Crippen LogP contribution in [0.1, 0.15) is 29.9 Å². The van der Waals surface area contributed by atoms with E-state index in [1.165, 1.54) is 15.9 Å². The number of fused-ring (bicyclic) bond motifs is 1. The normalized spacial score (nSPS) is 15.4. The van der Waals surface area contributed by atoms with Crippen molar-refractivity contribution in [2.75, 3.05) is 13.7 Å². The van der Waals surface area contributed by atoms with Gasteiger partial charge in [-0.3, -0.25) is 9.36 Å². The number of hydrogen-bond donors (Lipinski definition) is 0. The van der Waals surface area contributed by atoms with Crippen LogP contribution < -0.4 is 19.6 Å². The van der Waals surface area contributed by atoms with Gasteiger partial charge >= 0.3 is 5.97 Å². The Morgan fingerprint density at radius 1 is 1.16 bits per heavy atom. The van der Waals surface area contributed by atoms with Gasteiger partial charge < -0.3 is 13.9 Å². The van der Waals surface area contributed by atoms with Crippen molar-refractivity contribution in [2.24, 2.45) is 4.99 Å². The summed E-state index contributed by atoms with van der Waals surface area (Å²) in [6, 6.07) is 17.7. The molecule has 0 radical (unpaired) electrons. The van der Waals surface area contributed by atoms with Crippen LogP contribution in [0, 0.1) is 0 Å². The first kappa shape index (κ1) is 25.4. The molecular weight excluding hydrogens is 624 g/mol. The first-order valence-electron chi connectivity index (χ1n) is 11.3. The number of esters is 1. The highest BCUT2D eigenvalue weighted by molar-refractivity contribution is 9.13. The van der Waals surface area contributed by atoms with E-state index in [2.05, 4.69) is 31.9 Å². The second-order valence-corrected chi connectivity index (χ2v) is 10.6. The fraction of sp³-hybridized carbons (Fsp3) is 0.148. The molecule has 0 bridgehead atoms. The molecule has 0 saturated carbocycles. The lowest BCUT2D eigenvalue weighted by molar-refractivity contribution is -0.138. The van der Waals surface area contributed by atoms with E-state index < -0.39 is 12.0 Å². The smallest absolute Gasteiger partial charge is 0.338 e. The molecule has 3 heterocycles. The monoisotopic (exact) mass is 642 g/mol. The Morgan fingerprint density at radius 2 is 1.95 bits per heavy atom. The highest BCUT2D eigenvalue weighted by Crippen LogP contribution is 2.36. The quantitative estimate of drug-likeness (QED) is 0.274. The van der Waals surface area contributed by atoms with Gasteiger partial charge in [0.15, 0.2) is 9.47 Å². The van der Waals surface area contributed by atoms with E-state index in [1.807, 2.05) is 54.6 Å². The molecule has 37 heavy (non-hydrogen) atoms. The maximum atomic E-state index is 13.8. The molecule has 2 aromatic carbocycles. The Balaban J connectivity index is 1.84. The molecule has 5 rings (SSSR count). The second-order valence-electron chi connectivity index (χ2n) is 7.98. The van der Waals surface area contributed by atoms with Gasteiger partial charge in [0.1, 0.15) is 11.5 Å². The van der Waals surface area contributed by atoms with Crippen LogP contribution in [-0.2, 0) is 9.53 Å². The Hall–Kier alpha value is -3.21. The van der Waals surface area contributed by atoms with Crippen LogP contribution in [0.4, 0.5) is 0 Å². The van der Waals surface area contributed by atoms with Gasteiger partial charge in [0.05, 0.1) is 40.0 Å². The molecule has 0 saturated heterocycles. The number of benzene rings is 2. The SMILES string of the molecule is CCOC(=O)C1=C(c2ccccc2)N=c2s/c(=C/c3cc(Br)c(Br)o3)c(=O)n2[C@H]1c1cccc(OC)c1. The van der Waals surface area contributed by atoms with E-state index in [9.17, 15) is 9.59 Å². The number of thiazole rings is 1. The molecule has 4 aromatic rings. The maximum Gasteiger partial charge on any atom is 0.338 e. The zero-order chi connectivity index (χ0) is 26.1. The molecule has 1 aliphatic rings. The minimum Gasteiger partial charge on any atom is -0.497 e. The number of halogens is 2. The Kier molecular flexibility index (Phi) is 7.32. The Morgan fingerprint density at radius 3 is 2.62 bits per heavy atom. The first-order valence-corrected chi connectivity index (χ1v) is 13.7. The summed E-state index contributed by atoms with van der Waals surface area (Å²) < 4.78 is 19.8. The highest BCUT2D eigenvalue weighted by Gasteiger charge is 2.35. The van der Waals surface area contributed by atoms with Crippen LogP contribution in [0.2, 0.25) is 0 Å². The van der Waals surface area contributed by atoms with E-state index in [0.29, 0.717) is 36.8 Å². The third-order valence-electron chi connectivity index (χ3n) is 5.72. The van der Waals surface area contributed by atoms with Gasteiger partial charge in [0.25, 0.3) is 5.56 Å². The molecule has 2 aromatic heterocycles. The third kappa shape index (κ3) is 4.88. The third-order valence-corrected chi connectivity index (χ3v) is 8.41. The molecule has 0 N–H and O–H groups in total. The standard InChI is InChI=1S/C27H20Br2N2O5S/c1-3-35-26(33)21-22(15-8-5-4-6-9-15)30-27-31(23(21)16-10-7-11-17(12-16)34-2)25(32)20(37-27)14-18-13-19(28)24(29)36-18/h4-14,23H,3H2,1-2H3/b20-14+/t23-/m0/s1. The van der Waals surface area contributed by atoms with E-state index in [-0.39, 0.29) is 17.7 Å². The fourth-order valence-electron chi connectivity index (χ4n) is 4.13. The zero-order valence-corrected chi connectivity index (χ0v) is 23.7. The van der Waals surface area contributed by atoms with Crippen molar-refractivity contribution in [3.63, 3.8) is 0 Å². The summed E-state index contributed by atoms with van der Waals surface area (Å²) in [5.41, 5.74) is 1.89. The van der Waals surface area contributed by atoms with Crippen LogP contribution in [0.25, 0.3) is 11.8 Å². The molecule has 0 amide bonds. The molecule has 10 heteroatoms. The van der Waals surface area contributed by atoms with Gasteiger partial charge in [-0.2, -0.15) is 0 Å². The lowest BCUT2D eigenvalue weighted by Crippen LogP contribution is -2.40. The van der Waals surface area contributed by atoms with Crippen molar-refractivity contribution >= 4 is 60.9 Å². The number of furan rings is 1. The van der Waals surface area contributed by atoms with Crippen LogP contribution in [0.3, 0.4) is 0 Å². The number of aromatic nitrogens is 1. The van der Waals surface area contributed by atoms with Crippen LogP contribution in [-0.4, -0.2) is 24.3 Å². The minimum absolute atomic E-state index is 0.182. The second kappa shape index (κ2) is 10.6. The number of methoxy groups -OCH3 is 1. The van der Waals surface area contributed by atoms with Crippen LogP contribution in [0.15, 0.2) is 89.6 Å². The molecule has 1 aliphatic heterocycles. The summed E-state index contributed by atoms with van der Waals surface area (Å²) in [5.74, 6) is 0.562. The summed E-state index contributed by atoms with van der Waals surface area (Å²) in [7, 11) is 1.57. The highest BCUT2D eigenvalue weighted by atomic mass is 79.9. The number of nitrogens with zero attached hydrogens (tertiary/aromatic N) is 2. The Bertz CT molecular complexity index is 1680. The average molecular weight is 644 g/mol. The molecule has 188 valence electrons. The van der Waals surface area contributed by atoms with Gasteiger partial charge in [0, 0.05) is 11.6 Å². The molecule has 0 spiro atoms. The first-order chi connectivity index (χ1) is 17.9. The van der Waals surface area contributed by atoms with Crippen molar-refractivity contribution in [3.05, 3.63) is 112 Å². The molecular formula is C27H20Br2N2O5S. The van der Waals surface area contributed by atoms with E-state index >= 15 is 0 Å². The van der Waals surface area contributed by atoms with Crippen molar-refractivity contribution in [2.45, 2.75) is 13.0 Å². The lowest BCUT2D eigenvalue weighted by Gasteiger charge is -2.26. The van der Waals surface area contributed by atoms with E-state index in [4.69, 9.17) is 18.9 Å². The number of carbonyl (C=O) groups is 1. The molecule has 0 fully saturated rings. The maximum absolute atomic E-state index is 13.8. The van der Waals surface area contributed by atoms with Gasteiger partial charge in [-0.05, 0) is 62.5 Å². The van der Waals surface area contributed by atoms with Crippen LogP contribution >= 0.6 is 43.2 Å². The lowest BCUT2D eigenvalue weighted by atomic mass is 9.93. The van der Waals surface area contributed by atoms with Crippen LogP contribution in [0.5, 0.6) is 5.75 Å². The van der Waals surface area contributed by atoms with Gasteiger partial charge in [-0.1, -0.05) is 53.8 Å². The summed E-state index contributed by atoms with van der Waals surface area (Å²) in [6.07, 6.45) is 1.66. The number of carbonyl (C=O) groups excluding carboxylic acids is 1. The van der Waals surface area contributed by atoms with E-state index in [0.717, 1.165) is 10.0 Å². The summed E-state index contributed by atoms with van der Waals surface area (Å²) in [6.45, 7) is 1.93. The number of hydrogen-bond acceptors (Lipinski definition) is 7. The molecule has 0 aliphatic carbocycles. The molecule has 7 nitrogen and oxygen atoms in total. The van der Waals surface area contributed by atoms with Gasteiger partial charge in [-0.25, -0.2) is 9.79 Å². The van der Waals surface area contributed by atoms with Crippen molar-refractivity contribution in [1.82, 2.24) is 4.57 Å². The van der Waals surface area contributed by atoms with Gasteiger partial charge in [0.2, 0.25) is 0 Å². The molecule has 1 atom stereocenters. The predicted octanol–water partition coefficient (Wildman–Crippen LogP) is 5.06. The zero-order valence-electron chi connectivity index (χ0n) is 19.7. The summed E-state index contributed by atoms with van der Waals surface area (Å²) in [4.78, 5) is 32.6. The fourth-order valence-corrected chi connectivity index (χ4v) is 5.72. The Labute approximate surface area is 232 Å². The minimum atomic E-state index is -0.780. The largest absolute Gasteiger partial charge is 0.497 e. The number of rotatable bonds is 6. The summed E-state index contributed by atoms with van der Waals surface area (Å²) in [5, 5.41) is 0. The van der Waals surface area contributed by atoms with Crippen molar-refractivity contribution < 1.29 is 18.7 Å². The number of ether oxygens (including phenoxy) is 2. The summed E-state index contributed by atoms with van der Waals surface area (Å²) >= 11 is 7.96. The van der Waals surface area contributed by atoms with E-state index in [1.54, 1.807) is 26.2 Å².